The molecule has 7 heteroatoms. The monoisotopic (exact) mass is 361 g/mol. The van der Waals surface area contributed by atoms with Gasteiger partial charge in [0.2, 0.25) is 5.91 Å². The summed E-state index contributed by atoms with van der Waals surface area (Å²) >= 11 is 0. The molecule has 2 aliphatic heterocycles. The maximum absolute atomic E-state index is 12.2. The van der Waals surface area contributed by atoms with Gasteiger partial charge in [-0.2, -0.15) is 0 Å². The fourth-order valence-corrected chi connectivity index (χ4v) is 3.72. The van der Waals surface area contributed by atoms with Gasteiger partial charge in [-0.05, 0) is 24.3 Å². The second-order valence-electron chi connectivity index (χ2n) is 7.06. The van der Waals surface area contributed by atoms with Crippen molar-refractivity contribution >= 4 is 17.6 Å². The Morgan fingerprint density at radius 2 is 2.00 bits per heavy atom. The van der Waals surface area contributed by atoms with Gasteiger partial charge in [-0.25, -0.2) is 4.79 Å². The van der Waals surface area contributed by atoms with Crippen LogP contribution in [0.5, 0.6) is 5.75 Å². The number of nitrogens with zero attached hydrogens (tertiary/aromatic N) is 1. The van der Waals surface area contributed by atoms with Gasteiger partial charge in [0, 0.05) is 44.5 Å². The first-order chi connectivity index (χ1) is 12.7. The lowest BCUT2D eigenvalue weighted by atomic mass is 10.2. The second-order valence-corrected chi connectivity index (χ2v) is 7.06. The number of hydrogen-bond acceptors (Lipinski definition) is 3. The van der Waals surface area contributed by atoms with Gasteiger partial charge < -0.3 is 25.2 Å². The van der Waals surface area contributed by atoms with Gasteiger partial charge >= 0.3 is 6.03 Å². The number of carbonyl (C=O) groups excluding carboxylic acids is 2. The molecule has 0 radical (unpaired) electrons. The van der Waals surface area contributed by atoms with E-state index in [0.29, 0.717) is 19.5 Å². The Bertz CT molecular complexity index is 614. The predicted octanol–water partition coefficient (Wildman–Crippen LogP) is 0.169. The normalized spacial score (nSPS) is 20.4. The number of benzene rings is 1. The molecule has 1 atom stereocenters. The van der Waals surface area contributed by atoms with E-state index >= 15 is 0 Å². The molecule has 2 saturated heterocycles. The molecule has 3 rings (SSSR count). The van der Waals surface area contributed by atoms with Crippen LogP contribution in [0.15, 0.2) is 24.3 Å². The molecule has 0 saturated carbocycles. The molecule has 2 heterocycles. The van der Waals surface area contributed by atoms with Crippen LogP contribution in [0.3, 0.4) is 0 Å². The SMILES string of the molecule is COc1ccc(N2C[C@H](NC(=O)NCCC[NH+]3CCCC3)CC2=O)cc1. The van der Waals surface area contributed by atoms with Crippen molar-refractivity contribution in [3.8, 4) is 5.75 Å². The van der Waals surface area contributed by atoms with Crippen molar-refractivity contribution in [3.05, 3.63) is 24.3 Å². The van der Waals surface area contributed by atoms with Crippen molar-refractivity contribution in [1.29, 1.82) is 0 Å². The zero-order chi connectivity index (χ0) is 18.4. The number of nitrogens with one attached hydrogen (secondary N) is 3. The first-order valence-electron chi connectivity index (χ1n) is 9.48. The third-order valence-corrected chi connectivity index (χ3v) is 5.15. The van der Waals surface area contributed by atoms with E-state index < -0.39 is 0 Å². The van der Waals surface area contributed by atoms with Crippen LogP contribution in [-0.4, -0.2) is 57.8 Å². The average molecular weight is 361 g/mol. The number of quaternary nitrogens is 1. The van der Waals surface area contributed by atoms with Crippen molar-refractivity contribution in [2.24, 2.45) is 0 Å². The zero-order valence-electron chi connectivity index (χ0n) is 15.4. The maximum atomic E-state index is 12.2. The second kappa shape index (κ2) is 8.89. The molecule has 7 nitrogen and oxygen atoms in total. The summed E-state index contributed by atoms with van der Waals surface area (Å²) < 4.78 is 5.14. The van der Waals surface area contributed by atoms with Crippen LogP contribution in [0.2, 0.25) is 0 Å². The number of amides is 3. The molecule has 26 heavy (non-hydrogen) atoms. The highest BCUT2D eigenvalue weighted by atomic mass is 16.5. The van der Waals surface area contributed by atoms with Crippen LogP contribution in [0.4, 0.5) is 10.5 Å². The number of rotatable bonds is 7. The summed E-state index contributed by atoms with van der Waals surface area (Å²) in [6.45, 7) is 4.82. The van der Waals surface area contributed by atoms with Gasteiger partial charge in [0.05, 0.1) is 32.8 Å². The lowest BCUT2D eigenvalue weighted by Gasteiger charge is -2.18. The molecule has 0 spiro atoms. The molecule has 1 aromatic carbocycles. The smallest absolute Gasteiger partial charge is 0.315 e. The molecular weight excluding hydrogens is 332 g/mol. The summed E-state index contributed by atoms with van der Waals surface area (Å²) in [6, 6.07) is 7.04. The van der Waals surface area contributed by atoms with Crippen LogP contribution in [-0.2, 0) is 4.79 Å². The number of urea groups is 1. The Balaban J connectivity index is 1.39. The van der Waals surface area contributed by atoms with Crippen LogP contribution < -0.4 is 25.2 Å². The molecule has 3 N–H and O–H groups in total. The summed E-state index contributed by atoms with van der Waals surface area (Å²) in [5.41, 5.74) is 0.828. The molecule has 3 amide bonds. The lowest BCUT2D eigenvalue weighted by molar-refractivity contribution is -0.887. The largest absolute Gasteiger partial charge is 0.497 e. The Morgan fingerprint density at radius 1 is 1.27 bits per heavy atom. The van der Waals surface area contributed by atoms with Crippen molar-refractivity contribution in [2.75, 3.05) is 44.7 Å². The summed E-state index contributed by atoms with van der Waals surface area (Å²) in [7, 11) is 1.61. The van der Waals surface area contributed by atoms with E-state index in [-0.39, 0.29) is 18.0 Å². The van der Waals surface area contributed by atoms with Gasteiger partial charge in [-0.15, -0.1) is 0 Å². The molecule has 2 fully saturated rings. The van der Waals surface area contributed by atoms with E-state index in [0.717, 1.165) is 24.4 Å². The summed E-state index contributed by atoms with van der Waals surface area (Å²) in [6.07, 6.45) is 3.97. The number of carbonyl (C=O) groups is 2. The third-order valence-electron chi connectivity index (χ3n) is 5.15. The molecule has 2 aliphatic rings. The first kappa shape index (κ1) is 18.5. The van der Waals surface area contributed by atoms with E-state index in [4.69, 9.17) is 4.74 Å². The van der Waals surface area contributed by atoms with Crippen LogP contribution in [0.25, 0.3) is 0 Å². The molecule has 0 bridgehead atoms. The Morgan fingerprint density at radius 3 is 2.69 bits per heavy atom. The minimum Gasteiger partial charge on any atom is -0.497 e. The van der Waals surface area contributed by atoms with E-state index in [2.05, 4.69) is 10.6 Å². The minimum absolute atomic E-state index is 0.0260. The van der Waals surface area contributed by atoms with Crippen LogP contribution in [0.1, 0.15) is 25.7 Å². The lowest BCUT2D eigenvalue weighted by Crippen LogP contribution is -3.10. The molecular formula is C19H29N4O3+. The molecule has 0 unspecified atom stereocenters. The van der Waals surface area contributed by atoms with Gasteiger partial charge in [0.25, 0.3) is 0 Å². The van der Waals surface area contributed by atoms with Crippen LogP contribution in [0, 0.1) is 0 Å². The van der Waals surface area contributed by atoms with Gasteiger partial charge in [-0.1, -0.05) is 0 Å². The molecule has 142 valence electrons. The molecule has 1 aromatic rings. The van der Waals surface area contributed by atoms with E-state index in [1.165, 1.54) is 25.9 Å². The number of ether oxygens (including phenoxy) is 1. The standard InChI is InChI=1S/C19H28N4O3/c1-26-17-7-5-16(6-8-17)23-14-15(13-18(23)24)21-19(25)20-9-4-12-22-10-2-3-11-22/h5-8,15H,2-4,9-14H2,1H3,(H2,20,21,25)/p+1/t15-/m1/s1. The maximum Gasteiger partial charge on any atom is 0.315 e. The van der Waals surface area contributed by atoms with Gasteiger partial charge in [0.15, 0.2) is 0 Å². The van der Waals surface area contributed by atoms with E-state index in [1.54, 1.807) is 16.9 Å². The van der Waals surface area contributed by atoms with Crippen molar-refractivity contribution in [1.82, 2.24) is 10.6 Å². The number of hydrogen-bond donors (Lipinski definition) is 3. The van der Waals surface area contributed by atoms with Crippen molar-refractivity contribution in [2.45, 2.75) is 31.7 Å². The van der Waals surface area contributed by atoms with Gasteiger partial charge in [-0.3, -0.25) is 4.79 Å². The number of anilines is 1. The van der Waals surface area contributed by atoms with Gasteiger partial charge in [0.1, 0.15) is 5.75 Å². The number of methoxy groups -OCH3 is 1. The Labute approximate surface area is 154 Å². The summed E-state index contributed by atoms with van der Waals surface area (Å²) in [5, 5.41) is 5.82. The van der Waals surface area contributed by atoms with E-state index in [9.17, 15) is 9.59 Å². The zero-order valence-corrected chi connectivity index (χ0v) is 15.4. The van der Waals surface area contributed by atoms with Crippen LogP contribution >= 0.6 is 0 Å². The Hall–Kier alpha value is -2.28. The van der Waals surface area contributed by atoms with Crippen molar-refractivity contribution in [3.63, 3.8) is 0 Å². The highest BCUT2D eigenvalue weighted by Crippen LogP contribution is 2.24. The third kappa shape index (κ3) is 4.88. The average Bonchev–Trinajstić information content (AvgIpc) is 3.28. The number of likely N-dealkylation sites (tertiary alicyclic amines) is 1. The highest BCUT2D eigenvalue weighted by molar-refractivity contribution is 5.96. The fraction of sp³-hybridized carbons (Fsp3) is 0.579. The van der Waals surface area contributed by atoms with E-state index in [1.807, 2.05) is 24.3 Å². The Kier molecular flexibility index (Phi) is 6.33. The predicted molar refractivity (Wildman–Crippen MR) is 99.7 cm³/mol. The molecule has 0 aromatic heterocycles. The topological polar surface area (TPSA) is 75.1 Å². The summed E-state index contributed by atoms with van der Waals surface area (Å²) in [4.78, 5) is 27.7. The minimum atomic E-state index is -0.184. The highest BCUT2D eigenvalue weighted by Gasteiger charge is 2.31. The first-order valence-corrected chi connectivity index (χ1v) is 9.48. The quantitative estimate of drug-likeness (QED) is 0.606. The van der Waals surface area contributed by atoms with Crippen molar-refractivity contribution < 1.29 is 19.2 Å². The fourth-order valence-electron chi connectivity index (χ4n) is 3.72. The molecule has 0 aliphatic carbocycles. The summed E-state index contributed by atoms with van der Waals surface area (Å²) in [5.74, 6) is 0.781.